The fourth-order valence-electron chi connectivity index (χ4n) is 4.07. The van der Waals surface area contributed by atoms with Gasteiger partial charge < -0.3 is 15.3 Å². The number of aliphatic hydroxyl groups is 1. The summed E-state index contributed by atoms with van der Waals surface area (Å²) in [5.74, 6) is 1.42. The number of piperidine rings is 3. The van der Waals surface area contributed by atoms with E-state index in [4.69, 9.17) is 0 Å². The summed E-state index contributed by atoms with van der Waals surface area (Å²) in [6, 6.07) is 1.29. The molecule has 2 N–H and O–H groups in total. The molecule has 0 aromatic heterocycles. The van der Waals surface area contributed by atoms with Crippen molar-refractivity contribution >= 4 is 0 Å². The molecule has 4 rings (SSSR count). The van der Waals surface area contributed by atoms with E-state index in [2.05, 4.69) is 10.2 Å². The van der Waals surface area contributed by atoms with Gasteiger partial charge in [0.25, 0.3) is 0 Å². The Labute approximate surface area is 105 Å². The second kappa shape index (κ2) is 5.25. The van der Waals surface area contributed by atoms with E-state index in [9.17, 15) is 5.11 Å². The molecular weight excluding hydrogens is 212 g/mol. The van der Waals surface area contributed by atoms with Crippen molar-refractivity contribution in [3.8, 4) is 0 Å². The summed E-state index contributed by atoms with van der Waals surface area (Å²) in [6.45, 7) is 4.26. The van der Waals surface area contributed by atoms with Crippen LogP contribution in [0.2, 0.25) is 0 Å². The summed E-state index contributed by atoms with van der Waals surface area (Å²) >= 11 is 0. The molecule has 0 aromatic rings. The molecule has 17 heavy (non-hydrogen) atoms. The molecule has 0 amide bonds. The zero-order valence-corrected chi connectivity index (χ0v) is 10.8. The van der Waals surface area contributed by atoms with Gasteiger partial charge in [-0.3, -0.25) is 0 Å². The normalized spacial score (nSPS) is 46.1. The maximum Gasteiger partial charge on any atom is 0.0474 e. The smallest absolute Gasteiger partial charge is 0.0474 e. The van der Waals surface area contributed by atoms with Crippen molar-refractivity contribution in [2.24, 2.45) is 11.8 Å². The molecule has 1 saturated carbocycles. The lowest BCUT2D eigenvalue weighted by atomic mass is 9.80. The van der Waals surface area contributed by atoms with Crippen molar-refractivity contribution in [2.45, 2.75) is 50.6 Å². The highest BCUT2D eigenvalue weighted by molar-refractivity contribution is 4.94. The lowest BCUT2D eigenvalue weighted by molar-refractivity contribution is 0.0515. The lowest BCUT2D eigenvalue weighted by Gasteiger charge is -2.47. The fourth-order valence-corrected chi connectivity index (χ4v) is 4.07. The Morgan fingerprint density at radius 1 is 1.00 bits per heavy atom. The van der Waals surface area contributed by atoms with Crippen LogP contribution in [-0.4, -0.2) is 48.3 Å². The van der Waals surface area contributed by atoms with Crippen molar-refractivity contribution in [2.75, 3.05) is 26.2 Å². The zero-order valence-electron chi connectivity index (χ0n) is 10.8. The molecule has 3 heterocycles. The van der Waals surface area contributed by atoms with Gasteiger partial charge in [0.2, 0.25) is 0 Å². The summed E-state index contributed by atoms with van der Waals surface area (Å²) in [7, 11) is 0. The van der Waals surface area contributed by atoms with Gasteiger partial charge >= 0.3 is 0 Å². The first-order chi connectivity index (χ1) is 8.36. The molecule has 2 bridgehead atoms. The maximum atomic E-state index is 9.47. The minimum Gasteiger partial charge on any atom is -0.396 e. The Morgan fingerprint density at radius 2 is 1.76 bits per heavy atom. The SMILES string of the molecule is OCC1CCCCC1NC1CN2CCC1CC2. The third kappa shape index (κ3) is 2.51. The molecule has 0 spiro atoms. The van der Waals surface area contributed by atoms with Crippen LogP contribution in [0.5, 0.6) is 0 Å². The third-order valence-corrected chi connectivity index (χ3v) is 5.23. The average Bonchev–Trinajstić information content (AvgIpc) is 2.41. The van der Waals surface area contributed by atoms with Crippen LogP contribution in [-0.2, 0) is 0 Å². The predicted octanol–water partition coefficient (Wildman–Crippen LogP) is 1.22. The summed E-state index contributed by atoms with van der Waals surface area (Å²) in [4.78, 5) is 2.61. The summed E-state index contributed by atoms with van der Waals surface area (Å²) in [5.41, 5.74) is 0. The van der Waals surface area contributed by atoms with Crippen LogP contribution < -0.4 is 5.32 Å². The van der Waals surface area contributed by atoms with Gasteiger partial charge in [0.15, 0.2) is 0 Å². The fraction of sp³-hybridized carbons (Fsp3) is 1.00. The average molecular weight is 238 g/mol. The van der Waals surface area contributed by atoms with E-state index in [-0.39, 0.29) is 0 Å². The van der Waals surface area contributed by atoms with Crippen molar-refractivity contribution in [3.05, 3.63) is 0 Å². The summed E-state index contributed by atoms with van der Waals surface area (Å²) in [5, 5.41) is 13.4. The predicted molar refractivity (Wildman–Crippen MR) is 68.9 cm³/mol. The molecule has 3 nitrogen and oxygen atoms in total. The number of aliphatic hydroxyl groups excluding tert-OH is 1. The van der Waals surface area contributed by atoms with Crippen LogP contribution in [0.1, 0.15) is 38.5 Å². The standard InChI is InChI=1S/C14H26N2O/c17-10-12-3-1-2-4-13(12)15-14-9-16-7-5-11(14)6-8-16/h11-15,17H,1-10H2. The summed E-state index contributed by atoms with van der Waals surface area (Å²) in [6.07, 6.45) is 7.91. The highest BCUT2D eigenvalue weighted by atomic mass is 16.3. The monoisotopic (exact) mass is 238 g/mol. The van der Waals surface area contributed by atoms with E-state index in [1.807, 2.05) is 0 Å². The third-order valence-electron chi connectivity index (χ3n) is 5.23. The van der Waals surface area contributed by atoms with E-state index in [1.54, 1.807) is 0 Å². The number of hydrogen-bond acceptors (Lipinski definition) is 3. The lowest BCUT2D eigenvalue weighted by Crippen LogP contribution is -2.59. The van der Waals surface area contributed by atoms with Gasteiger partial charge in [-0.2, -0.15) is 0 Å². The Bertz CT molecular complexity index is 246. The first kappa shape index (κ1) is 11.9. The quantitative estimate of drug-likeness (QED) is 0.776. The van der Waals surface area contributed by atoms with E-state index in [0.717, 1.165) is 5.92 Å². The van der Waals surface area contributed by atoms with E-state index in [1.165, 1.54) is 58.2 Å². The van der Waals surface area contributed by atoms with Gasteiger partial charge in [-0.05, 0) is 50.6 Å². The van der Waals surface area contributed by atoms with Crippen LogP contribution in [0.4, 0.5) is 0 Å². The topological polar surface area (TPSA) is 35.5 Å². The Kier molecular flexibility index (Phi) is 3.69. The highest BCUT2D eigenvalue weighted by Crippen LogP contribution is 2.30. The first-order valence-electron chi connectivity index (χ1n) is 7.46. The number of fused-ring (bicyclic) bond motifs is 3. The van der Waals surface area contributed by atoms with Crippen LogP contribution in [0.15, 0.2) is 0 Å². The number of nitrogens with zero attached hydrogens (tertiary/aromatic N) is 1. The molecule has 1 aliphatic carbocycles. The van der Waals surface area contributed by atoms with E-state index >= 15 is 0 Å². The number of hydrogen-bond donors (Lipinski definition) is 2. The second-order valence-corrected chi connectivity index (χ2v) is 6.24. The van der Waals surface area contributed by atoms with Crippen LogP contribution in [0.3, 0.4) is 0 Å². The molecule has 3 unspecified atom stereocenters. The number of rotatable bonds is 3. The van der Waals surface area contributed by atoms with Gasteiger partial charge in [-0.1, -0.05) is 12.8 Å². The molecule has 3 heteroatoms. The van der Waals surface area contributed by atoms with E-state index in [0.29, 0.717) is 24.6 Å². The Balaban J connectivity index is 1.58. The van der Waals surface area contributed by atoms with Gasteiger partial charge in [0.1, 0.15) is 0 Å². The second-order valence-electron chi connectivity index (χ2n) is 6.24. The van der Waals surface area contributed by atoms with Crippen molar-refractivity contribution < 1.29 is 5.11 Å². The molecule has 0 radical (unpaired) electrons. The highest BCUT2D eigenvalue weighted by Gasteiger charge is 2.36. The van der Waals surface area contributed by atoms with Crippen molar-refractivity contribution in [3.63, 3.8) is 0 Å². The van der Waals surface area contributed by atoms with Crippen LogP contribution in [0, 0.1) is 11.8 Å². The molecule has 3 saturated heterocycles. The molecule has 98 valence electrons. The van der Waals surface area contributed by atoms with Crippen LogP contribution in [0.25, 0.3) is 0 Å². The Morgan fingerprint density at radius 3 is 2.41 bits per heavy atom. The largest absolute Gasteiger partial charge is 0.396 e. The van der Waals surface area contributed by atoms with Gasteiger partial charge in [-0.25, -0.2) is 0 Å². The van der Waals surface area contributed by atoms with Gasteiger partial charge in [-0.15, -0.1) is 0 Å². The molecule has 0 aromatic carbocycles. The molecule has 3 aliphatic heterocycles. The molecule has 3 atom stereocenters. The van der Waals surface area contributed by atoms with Crippen molar-refractivity contribution in [1.82, 2.24) is 10.2 Å². The van der Waals surface area contributed by atoms with Crippen LogP contribution >= 0.6 is 0 Å². The maximum absolute atomic E-state index is 9.47. The molecular formula is C14H26N2O. The Hall–Kier alpha value is -0.120. The molecule has 4 aliphatic rings. The van der Waals surface area contributed by atoms with Gasteiger partial charge in [0.05, 0.1) is 0 Å². The van der Waals surface area contributed by atoms with Gasteiger partial charge in [0, 0.05) is 25.2 Å². The molecule has 4 fully saturated rings. The van der Waals surface area contributed by atoms with E-state index < -0.39 is 0 Å². The summed E-state index contributed by atoms with van der Waals surface area (Å²) < 4.78 is 0. The zero-order chi connectivity index (χ0) is 11.7. The first-order valence-corrected chi connectivity index (χ1v) is 7.46. The van der Waals surface area contributed by atoms with Crippen molar-refractivity contribution in [1.29, 1.82) is 0 Å². The minimum atomic E-state index is 0.374. The minimum absolute atomic E-state index is 0.374. The number of nitrogens with one attached hydrogen (secondary N) is 1.